The van der Waals surface area contributed by atoms with Gasteiger partial charge in [-0.25, -0.2) is 4.79 Å². The second-order valence-electron chi connectivity index (χ2n) is 1.41. The molecule has 0 bridgehead atoms. The summed E-state index contributed by atoms with van der Waals surface area (Å²) in [4.78, 5) is 20.4. The summed E-state index contributed by atoms with van der Waals surface area (Å²) in [6.45, 7) is -0.102. The number of carbonyl (C=O) groups is 2. The lowest BCUT2D eigenvalue weighted by molar-refractivity contribution is -0.143. The van der Waals surface area contributed by atoms with Crippen molar-refractivity contribution in [1.29, 1.82) is 0 Å². The Bertz CT molecular complexity index is 139. The van der Waals surface area contributed by atoms with Gasteiger partial charge in [-0.1, -0.05) is 0 Å². The second-order valence-corrected chi connectivity index (χ2v) is 1.41. The van der Waals surface area contributed by atoms with E-state index in [0.29, 0.717) is 0 Å². The third-order valence-electron chi connectivity index (χ3n) is 0.762. The molecule has 0 unspecified atom stereocenters. The number of ether oxygens (including phenoxy) is 1. The zero-order chi connectivity index (χ0) is 5.98. The topological polar surface area (TPSA) is 43.4 Å². The highest BCUT2D eigenvalue weighted by molar-refractivity contribution is 6.00. The smallest absolute Gasteiger partial charge is 0.331 e. The monoisotopic (exact) mass is 112 g/mol. The second kappa shape index (κ2) is 1.78. The molecule has 0 fully saturated rings. The number of esters is 1. The Hall–Kier alpha value is -1.12. The molecule has 0 aromatic carbocycles. The Morgan fingerprint density at radius 3 is 2.50 bits per heavy atom. The van der Waals surface area contributed by atoms with Crippen molar-refractivity contribution in [3.05, 3.63) is 12.2 Å². The Balaban J connectivity index is 2.68. The highest BCUT2D eigenvalue weighted by atomic mass is 16.5. The van der Waals surface area contributed by atoms with Crippen molar-refractivity contribution < 1.29 is 14.3 Å². The molecule has 3 heteroatoms. The van der Waals surface area contributed by atoms with E-state index in [0.717, 1.165) is 6.08 Å². The van der Waals surface area contributed by atoms with Gasteiger partial charge in [0, 0.05) is 6.08 Å². The van der Waals surface area contributed by atoms with Gasteiger partial charge in [0.1, 0.15) is 0 Å². The average Bonchev–Trinajstić information content (AvgIpc) is 1.77. The van der Waals surface area contributed by atoms with Crippen LogP contribution in [0.3, 0.4) is 0 Å². The summed E-state index contributed by atoms with van der Waals surface area (Å²) in [5.74, 6) is -0.603. The maximum absolute atomic E-state index is 10.2. The number of cyclic esters (lactones) is 1. The number of ketones is 1. The molecule has 0 spiro atoms. The van der Waals surface area contributed by atoms with E-state index in [4.69, 9.17) is 0 Å². The van der Waals surface area contributed by atoms with Gasteiger partial charge in [0.05, 0.1) is 0 Å². The lowest BCUT2D eigenvalue weighted by Gasteiger charge is -2.01. The minimum atomic E-state index is -0.440. The first kappa shape index (κ1) is 5.03. The van der Waals surface area contributed by atoms with Crippen LogP contribution in [0, 0.1) is 0 Å². The molecule has 1 aliphatic heterocycles. The first-order chi connectivity index (χ1) is 3.79. The zero-order valence-electron chi connectivity index (χ0n) is 4.09. The van der Waals surface area contributed by atoms with Crippen LogP contribution in [-0.2, 0) is 14.3 Å². The fourth-order valence-corrected chi connectivity index (χ4v) is 0.399. The molecule has 3 nitrogen and oxygen atoms in total. The third-order valence-corrected chi connectivity index (χ3v) is 0.762. The van der Waals surface area contributed by atoms with Crippen molar-refractivity contribution in [2.24, 2.45) is 0 Å². The number of hydrogen-bond acceptors (Lipinski definition) is 3. The molecule has 1 aliphatic rings. The SMILES string of the molecule is O=C1C=CC(=O)OC1. The lowest BCUT2D eigenvalue weighted by Crippen LogP contribution is -2.15. The summed E-state index contributed by atoms with van der Waals surface area (Å²) in [6, 6.07) is 0. The molecule has 0 aromatic heterocycles. The molecule has 8 heavy (non-hydrogen) atoms. The number of rotatable bonds is 0. The van der Waals surface area contributed by atoms with Gasteiger partial charge in [-0.15, -0.1) is 0 Å². The summed E-state index contributed by atoms with van der Waals surface area (Å²) in [7, 11) is 0. The van der Waals surface area contributed by atoms with Crippen LogP contribution >= 0.6 is 0 Å². The summed E-state index contributed by atoms with van der Waals surface area (Å²) in [6.07, 6.45) is 2.33. The summed E-state index contributed by atoms with van der Waals surface area (Å²) in [5.41, 5.74) is 0. The van der Waals surface area contributed by atoms with Crippen LogP contribution in [0.1, 0.15) is 0 Å². The van der Waals surface area contributed by atoms with Crippen molar-refractivity contribution in [1.82, 2.24) is 0 Å². The molecule has 1 rings (SSSR count). The quantitative estimate of drug-likeness (QED) is 0.403. The minimum absolute atomic E-state index is 0.102. The Morgan fingerprint density at radius 1 is 1.38 bits per heavy atom. The average molecular weight is 112 g/mol. The summed E-state index contributed by atoms with van der Waals surface area (Å²) >= 11 is 0. The van der Waals surface area contributed by atoms with Gasteiger partial charge in [-0.3, -0.25) is 4.79 Å². The van der Waals surface area contributed by atoms with Gasteiger partial charge in [0.15, 0.2) is 12.4 Å². The summed E-state index contributed by atoms with van der Waals surface area (Å²) in [5, 5.41) is 0. The van der Waals surface area contributed by atoms with Crippen molar-refractivity contribution in [3.63, 3.8) is 0 Å². The molecule has 0 radical (unpaired) electrons. The van der Waals surface area contributed by atoms with E-state index in [2.05, 4.69) is 4.74 Å². The fraction of sp³-hybridized carbons (Fsp3) is 0.200. The molecular weight excluding hydrogens is 108 g/mol. The van der Waals surface area contributed by atoms with Crippen LogP contribution < -0.4 is 0 Å². The van der Waals surface area contributed by atoms with Crippen molar-refractivity contribution in [2.75, 3.05) is 6.61 Å². The van der Waals surface area contributed by atoms with Crippen molar-refractivity contribution in [2.45, 2.75) is 0 Å². The molecule has 0 saturated carbocycles. The van der Waals surface area contributed by atoms with Crippen LogP contribution in [0.2, 0.25) is 0 Å². The van der Waals surface area contributed by atoms with Crippen LogP contribution in [0.15, 0.2) is 12.2 Å². The minimum Gasteiger partial charge on any atom is -0.454 e. The molecule has 0 atom stereocenters. The molecule has 0 amide bonds. The maximum Gasteiger partial charge on any atom is 0.331 e. The van der Waals surface area contributed by atoms with E-state index in [1.807, 2.05) is 0 Å². The van der Waals surface area contributed by atoms with E-state index < -0.39 is 5.97 Å². The predicted octanol–water partition coefficient (Wildman–Crippen LogP) is -0.332. The Labute approximate surface area is 45.9 Å². The van der Waals surface area contributed by atoms with E-state index in [1.54, 1.807) is 0 Å². The highest BCUT2D eigenvalue weighted by Crippen LogP contribution is 1.90. The third kappa shape index (κ3) is 0.932. The molecular formula is C5H4O3. The van der Waals surface area contributed by atoms with Gasteiger partial charge in [0.25, 0.3) is 0 Å². The fourth-order valence-electron chi connectivity index (χ4n) is 0.399. The van der Waals surface area contributed by atoms with Gasteiger partial charge in [0.2, 0.25) is 0 Å². The molecule has 1 heterocycles. The van der Waals surface area contributed by atoms with Gasteiger partial charge in [-0.2, -0.15) is 0 Å². The van der Waals surface area contributed by atoms with E-state index in [-0.39, 0.29) is 12.4 Å². The maximum atomic E-state index is 10.2. The molecule has 0 saturated heterocycles. The van der Waals surface area contributed by atoms with Gasteiger partial charge >= 0.3 is 5.97 Å². The van der Waals surface area contributed by atoms with Gasteiger partial charge < -0.3 is 4.74 Å². The molecule has 0 aromatic rings. The number of carbonyl (C=O) groups excluding carboxylic acids is 2. The number of hydrogen-bond donors (Lipinski definition) is 0. The largest absolute Gasteiger partial charge is 0.454 e. The van der Waals surface area contributed by atoms with Crippen LogP contribution in [0.4, 0.5) is 0 Å². The van der Waals surface area contributed by atoms with Crippen LogP contribution in [0.25, 0.3) is 0 Å². The predicted molar refractivity (Wildman–Crippen MR) is 25.1 cm³/mol. The van der Waals surface area contributed by atoms with E-state index in [9.17, 15) is 9.59 Å². The van der Waals surface area contributed by atoms with Crippen LogP contribution in [-0.4, -0.2) is 18.4 Å². The molecule has 0 aliphatic carbocycles. The Morgan fingerprint density at radius 2 is 2.12 bits per heavy atom. The first-order valence-corrected chi connectivity index (χ1v) is 2.17. The Kier molecular flexibility index (Phi) is 1.12. The molecule has 42 valence electrons. The first-order valence-electron chi connectivity index (χ1n) is 2.17. The van der Waals surface area contributed by atoms with Crippen LogP contribution in [0.5, 0.6) is 0 Å². The highest BCUT2D eigenvalue weighted by Gasteiger charge is 2.07. The lowest BCUT2D eigenvalue weighted by atomic mass is 10.3. The molecule has 0 N–H and O–H groups in total. The van der Waals surface area contributed by atoms with E-state index >= 15 is 0 Å². The normalized spacial score (nSPS) is 18.5. The van der Waals surface area contributed by atoms with Gasteiger partial charge in [-0.05, 0) is 6.08 Å². The standard InChI is InChI=1S/C5H4O3/c6-4-1-2-5(7)8-3-4/h1-2H,3H2. The van der Waals surface area contributed by atoms with Crippen molar-refractivity contribution in [3.8, 4) is 0 Å². The van der Waals surface area contributed by atoms with E-state index in [1.165, 1.54) is 6.08 Å². The summed E-state index contributed by atoms with van der Waals surface area (Å²) < 4.78 is 4.31. The van der Waals surface area contributed by atoms with Crippen molar-refractivity contribution >= 4 is 11.8 Å². The zero-order valence-corrected chi connectivity index (χ0v) is 4.09.